The van der Waals surface area contributed by atoms with Crippen molar-refractivity contribution in [2.45, 2.75) is 37.0 Å². The van der Waals surface area contributed by atoms with Gasteiger partial charge in [-0.2, -0.15) is 4.31 Å². The van der Waals surface area contributed by atoms with Crippen molar-refractivity contribution in [2.24, 2.45) is 11.3 Å². The molecule has 1 saturated carbocycles. The Kier molecular flexibility index (Phi) is 4.36. The van der Waals surface area contributed by atoms with Crippen molar-refractivity contribution in [3.8, 4) is 0 Å². The third-order valence-corrected chi connectivity index (χ3v) is 9.06. The maximum absolute atomic E-state index is 13.0. The predicted octanol–water partition coefficient (Wildman–Crippen LogP) is 1.86. The van der Waals surface area contributed by atoms with Crippen LogP contribution in [0.25, 0.3) is 0 Å². The van der Waals surface area contributed by atoms with Crippen molar-refractivity contribution in [3.05, 3.63) is 16.3 Å². The van der Waals surface area contributed by atoms with E-state index in [1.165, 1.54) is 10.4 Å². The number of carboxylic acids is 1. The highest BCUT2D eigenvalue weighted by Gasteiger charge is 2.56. The second-order valence-electron chi connectivity index (χ2n) is 7.46. The van der Waals surface area contributed by atoms with Gasteiger partial charge in [-0.3, -0.25) is 9.59 Å². The molecule has 0 unspecified atom stereocenters. The highest BCUT2D eigenvalue weighted by atomic mass is 32.2. The normalized spacial score (nSPS) is 29.2. The summed E-state index contributed by atoms with van der Waals surface area (Å²) in [6, 6.07) is 1.50. The van der Waals surface area contributed by atoms with E-state index < -0.39 is 21.4 Å². The number of nitrogens with zero attached hydrogens (tertiary/aromatic N) is 2. The van der Waals surface area contributed by atoms with E-state index in [1.54, 1.807) is 10.3 Å². The van der Waals surface area contributed by atoms with Gasteiger partial charge in [0.1, 0.15) is 9.77 Å². The molecular formula is C17H22N2O5S2. The number of sulfonamides is 1. The van der Waals surface area contributed by atoms with Crippen molar-refractivity contribution in [1.82, 2.24) is 9.21 Å². The lowest BCUT2D eigenvalue weighted by molar-refractivity contribution is -0.149. The summed E-state index contributed by atoms with van der Waals surface area (Å²) in [6.07, 6.45) is 3.93. The van der Waals surface area contributed by atoms with Crippen molar-refractivity contribution in [3.63, 3.8) is 0 Å². The number of carbonyl (C=O) groups is 2. The van der Waals surface area contributed by atoms with Crippen LogP contribution in [0.2, 0.25) is 0 Å². The van der Waals surface area contributed by atoms with E-state index >= 15 is 0 Å². The lowest BCUT2D eigenvalue weighted by atomic mass is 9.81. The number of likely N-dealkylation sites (tertiary alicyclic amines) is 1. The zero-order valence-electron chi connectivity index (χ0n) is 14.4. The summed E-state index contributed by atoms with van der Waals surface area (Å²) in [5.41, 5.74) is -0.860. The molecule has 3 fully saturated rings. The molecule has 142 valence electrons. The first kappa shape index (κ1) is 17.9. The summed E-state index contributed by atoms with van der Waals surface area (Å²) < 4.78 is 27.2. The third-order valence-electron chi connectivity index (χ3n) is 6.09. The average molecular weight is 399 g/mol. The van der Waals surface area contributed by atoms with Crippen LogP contribution in [0.1, 0.15) is 41.8 Å². The quantitative estimate of drug-likeness (QED) is 0.835. The number of thiophene rings is 1. The lowest BCUT2D eigenvalue weighted by Gasteiger charge is -2.23. The van der Waals surface area contributed by atoms with Gasteiger partial charge in [0.25, 0.3) is 5.91 Å². The van der Waals surface area contributed by atoms with Gasteiger partial charge < -0.3 is 10.0 Å². The van der Waals surface area contributed by atoms with Crippen LogP contribution in [-0.4, -0.2) is 60.8 Å². The summed E-state index contributed by atoms with van der Waals surface area (Å²) in [5.74, 6) is -1.23. The van der Waals surface area contributed by atoms with Crippen LogP contribution in [0.5, 0.6) is 0 Å². The molecule has 4 rings (SSSR count). The number of hydrogen-bond acceptors (Lipinski definition) is 5. The monoisotopic (exact) mass is 398 g/mol. The van der Waals surface area contributed by atoms with E-state index in [9.17, 15) is 23.1 Å². The predicted molar refractivity (Wildman–Crippen MR) is 95.6 cm³/mol. The smallest absolute Gasteiger partial charge is 0.311 e. The molecule has 9 heteroatoms. The van der Waals surface area contributed by atoms with E-state index in [2.05, 4.69) is 0 Å². The minimum atomic E-state index is -3.67. The fourth-order valence-corrected chi connectivity index (χ4v) is 7.54. The van der Waals surface area contributed by atoms with Crippen LogP contribution in [0.15, 0.2) is 16.3 Å². The Labute approximate surface area is 156 Å². The van der Waals surface area contributed by atoms with E-state index in [1.807, 2.05) is 0 Å². The number of hydrogen-bond donors (Lipinski definition) is 1. The molecule has 1 amide bonds. The summed E-state index contributed by atoms with van der Waals surface area (Å²) in [7, 11) is -3.67. The van der Waals surface area contributed by atoms with Gasteiger partial charge in [-0.15, -0.1) is 11.3 Å². The second-order valence-corrected chi connectivity index (χ2v) is 10.3. The number of amides is 1. The van der Waals surface area contributed by atoms with E-state index in [0.717, 1.165) is 37.0 Å². The number of carboxylic acid groups (broad SMARTS) is 1. The molecule has 0 spiro atoms. The zero-order chi connectivity index (χ0) is 18.5. The Morgan fingerprint density at radius 2 is 1.96 bits per heavy atom. The van der Waals surface area contributed by atoms with Crippen LogP contribution < -0.4 is 0 Å². The molecule has 2 aliphatic heterocycles. The maximum Gasteiger partial charge on any atom is 0.311 e. The van der Waals surface area contributed by atoms with Gasteiger partial charge in [0, 0.05) is 26.2 Å². The van der Waals surface area contributed by atoms with Gasteiger partial charge in [-0.25, -0.2) is 8.42 Å². The highest BCUT2D eigenvalue weighted by molar-refractivity contribution is 7.89. The van der Waals surface area contributed by atoms with Gasteiger partial charge in [-0.05, 0) is 43.0 Å². The van der Waals surface area contributed by atoms with Gasteiger partial charge in [-0.1, -0.05) is 6.42 Å². The SMILES string of the molecule is O=C(c1sccc1S(=O)(=O)N1CCCC1)N1C[C@@H]2CCC[C@@]2(C(=O)O)C1. The third kappa shape index (κ3) is 2.59. The van der Waals surface area contributed by atoms with Crippen LogP contribution >= 0.6 is 11.3 Å². The zero-order valence-corrected chi connectivity index (χ0v) is 16.0. The van der Waals surface area contributed by atoms with Gasteiger partial charge in [0.2, 0.25) is 10.0 Å². The molecule has 2 saturated heterocycles. The molecule has 1 N–H and O–H groups in total. The standard InChI is InChI=1S/C17H22N2O5S2/c20-15(18-10-12-4-3-6-17(12,11-18)16(21)22)14-13(5-9-25-14)26(23,24)19-7-1-2-8-19/h5,9,12H,1-4,6-8,10-11H2,(H,21,22)/t12-,17+/m0/s1. The van der Waals surface area contributed by atoms with Gasteiger partial charge in [0.05, 0.1) is 5.41 Å². The topological polar surface area (TPSA) is 95.0 Å². The Morgan fingerprint density at radius 3 is 2.62 bits per heavy atom. The van der Waals surface area contributed by atoms with Crippen molar-refractivity contribution in [1.29, 1.82) is 0 Å². The summed E-state index contributed by atoms with van der Waals surface area (Å²) in [5, 5.41) is 11.3. The Bertz CT molecular complexity index is 843. The van der Waals surface area contributed by atoms with E-state index in [0.29, 0.717) is 26.1 Å². The molecule has 0 radical (unpaired) electrons. The van der Waals surface area contributed by atoms with Crippen LogP contribution in [0, 0.1) is 11.3 Å². The lowest BCUT2D eigenvalue weighted by Crippen LogP contribution is -2.37. The number of carbonyl (C=O) groups excluding carboxylic acids is 1. The number of fused-ring (bicyclic) bond motifs is 1. The Balaban J connectivity index is 1.61. The van der Waals surface area contributed by atoms with Gasteiger partial charge in [0.15, 0.2) is 0 Å². The molecule has 1 aliphatic carbocycles. The van der Waals surface area contributed by atoms with Crippen molar-refractivity contribution in [2.75, 3.05) is 26.2 Å². The summed E-state index contributed by atoms with van der Waals surface area (Å²) >= 11 is 1.12. The average Bonchev–Trinajstić information content (AvgIpc) is 3.36. The molecule has 1 aromatic rings. The molecule has 2 atom stereocenters. The highest BCUT2D eigenvalue weighted by Crippen LogP contribution is 2.49. The second kappa shape index (κ2) is 6.31. The molecular weight excluding hydrogens is 376 g/mol. The first-order valence-corrected chi connectivity index (χ1v) is 11.3. The molecule has 3 aliphatic rings. The maximum atomic E-state index is 13.0. The van der Waals surface area contributed by atoms with Crippen molar-refractivity contribution >= 4 is 33.2 Å². The van der Waals surface area contributed by atoms with Crippen LogP contribution in [0.3, 0.4) is 0 Å². The van der Waals surface area contributed by atoms with E-state index in [-0.39, 0.29) is 28.1 Å². The van der Waals surface area contributed by atoms with Crippen LogP contribution in [-0.2, 0) is 14.8 Å². The van der Waals surface area contributed by atoms with Crippen LogP contribution in [0.4, 0.5) is 0 Å². The first-order valence-electron chi connectivity index (χ1n) is 8.96. The van der Waals surface area contributed by atoms with E-state index in [4.69, 9.17) is 0 Å². The molecule has 0 bridgehead atoms. The molecule has 7 nitrogen and oxygen atoms in total. The van der Waals surface area contributed by atoms with Gasteiger partial charge >= 0.3 is 5.97 Å². The first-order chi connectivity index (χ1) is 12.4. The fraction of sp³-hybridized carbons (Fsp3) is 0.647. The minimum Gasteiger partial charge on any atom is -0.481 e. The fourth-order valence-electron chi connectivity index (χ4n) is 4.66. The molecule has 0 aromatic carbocycles. The molecule has 26 heavy (non-hydrogen) atoms. The summed E-state index contributed by atoms with van der Waals surface area (Å²) in [6.45, 7) is 1.54. The largest absolute Gasteiger partial charge is 0.481 e. The minimum absolute atomic E-state index is 0.0393. The Hall–Kier alpha value is -1.45. The van der Waals surface area contributed by atoms with Crippen molar-refractivity contribution < 1.29 is 23.1 Å². The number of rotatable bonds is 4. The summed E-state index contributed by atoms with van der Waals surface area (Å²) in [4.78, 5) is 26.7. The molecule has 1 aromatic heterocycles. The number of aliphatic carboxylic acids is 1. The molecule has 3 heterocycles. The Morgan fingerprint density at radius 1 is 1.23 bits per heavy atom.